The van der Waals surface area contributed by atoms with Crippen LogP contribution in [0.1, 0.15) is 24.0 Å². The molecule has 4 rings (SSSR count). The van der Waals surface area contributed by atoms with Crippen molar-refractivity contribution in [1.29, 1.82) is 0 Å². The van der Waals surface area contributed by atoms with Crippen molar-refractivity contribution < 1.29 is 9.47 Å². The molecular formula is C22H28N4O2. The van der Waals surface area contributed by atoms with E-state index in [1.807, 2.05) is 18.3 Å². The molecule has 0 bridgehead atoms. The molecule has 6 nitrogen and oxygen atoms in total. The summed E-state index contributed by atoms with van der Waals surface area (Å²) in [6.07, 6.45) is 4.35. The molecule has 0 aromatic heterocycles. The predicted molar refractivity (Wildman–Crippen MR) is 114 cm³/mol. The smallest absolute Gasteiger partial charge is 0.176 e. The van der Waals surface area contributed by atoms with E-state index < -0.39 is 0 Å². The average Bonchev–Trinajstić information content (AvgIpc) is 3.27. The number of hydrogen-bond donors (Lipinski definition) is 1. The summed E-state index contributed by atoms with van der Waals surface area (Å²) in [5, 5.41) is 3.49. The summed E-state index contributed by atoms with van der Waals surface area (Å²) in [5.41, 5.74) is 4.61. The number of nitrogens with zero attached hydrogens (tertiary/aromatic N) is 3. The van der Waals surface area contributed by atoms with Gasteiger partial charge in [0.25, 0.3) is 0 Å². The number of aliphatic imine (C=N–C) groups is 1. The molecule has 2 aromatic carbocycles. The average molecular weight is 380 g/mol. The Hall–Kier alpha value is -2.73. The Morgan fingerprint density at radius 1 is 1.11 bits per heavy atom. The van der Waals surface area contributed by atoms with E-state index in [2.05, 4.69) is 51.4 Å². The van der Waals surface area contributed by atoms with Crippen LogP contribution < -0.4 is 19.7 Å². The van der Waals surface area contributed by atoms with E-state index in [1.54, 1.807) is 14.2 Å². The van der Waals surface area contributed by atoms with Gasteiger partial charge in [0.15, 0.2) is 17.8 Å². The summed E-state index contributed by atoms with van der Waals surface area (Å²) in [5.74, 6) is 1.42. The Labute approximate surface area is 166 Å². The van der Waals surface area contributed by atoms with Crippen molar-refractivity contribution in [2.24, 2.45) is 4.99 Å². The molecule has 2 heterocycles. The summed E-state index contributed by atoms with van der Waals surface area (Å²) in [6, 6.07) is 12.8. The molecule has 2 aliphatic rings. The third kappa shape index (κ3) is 3.78. The van der Waals surface area contributed by atoms with Gasteiger partial charge in [0.1, 0.15) is 0 Å². The maximum Gasteiger partial charge on any atom is 0.176 e. The van der Waals surface area contributed by atoms with Crippen LogP contribution in [0.25, 0.3) is 0 Å². The van der Waals surface area contributed by atoms with Gasteiger partial charge in [0, 0.05) is 48.9 Å². The van der Waals surface area contributed by atoms with Gasteiger partial charge in [-0.3, -0.25) is 9.89 Å². The van der Waals surface area contributed by atoms with E-state index in [-0.39, 0.29) is 6.29 Å². The third-order valence-electron chi connectivity index (χ3n) is 5.43. The van der Waals surface area contributed by atoms with E-state index in [1.165, 1.54) is 24.1 Å². The number of rotatable bonds is 6. The van der Waals surface area contributed by atoms with E-state index in [0.29, 0.717) is 11.5 Å². The number of methoxy groups -OCH3 is 2. The molecule has 0 aliphatic carbocycles. The number of fused-ring (bicyclic) bond motifs is 1. The zero-order chi connectivity index (χ0) is 19.5. The zero-order valence-corrected chi connectivity index (χ0v) is 16.8. The highest BCUT2D eigenvalue weighted by Crippen LogP contribution is 2.34. The first kappa shape index (κ1) is 18.6. The second-order valence-corrected chi connectivity index (χ2v) is 7.37. The summed E-state index contributed by atoms with van der Waals surface area (Å²) < 4.78 is 10.8. The SMILES string of the molecule is COc1cc2c(cc1OC)NC(N(C)Cc1cccc(N3CCCC3)c1)N=C2. The van der Waals surface area contributed by atoms with Gasteiger partial charge in [-0.25, -0.2) is 0 Å². The van der Waals surface area contributed by atoms with Gasteiger partial charge in [-0.2, -0.15) is 0 Å². The van der Waals surface area contributed by atoms with Gasteiger partial charge in [-0.05, 0) is 43.7 Å². The largest absolute Gasteiger partial charge is 0.493 e. The van der Waals surface area contributed by atoms with Crippen LogP contribution in [0, 0.1) is 0 Å². The standard InChI is InChI=1S/C22H28N4O2/c1-25(15-16-7-6-8-18(11-16)26-9-4-5-10-26)22-23-14-17-12-20(27-2)21(28-3)13-19(17)24-22/h6-8,11-14,22,24H,4-5,9-10,15H2,1-3H3. The molecule has 2 aromatic rings. The minimum Gasteiger partial charge on any atom is -0.493 e. The lowest BCUT2D eigenvalue weighted by Crippen LogP contribution is -2.38. The highest BCUT2D eigenvalue weighted by atomic mass is 16.5. The second-order valence-electron chi connectivity index (χ2n) is 7.37. The van der Waals surface area contributed by atoms with Crippen LogP contribution in [0.5, 0.6) is 11.5 Å². The highest BCUT2D eigenvalue weighted by molar-refractivity contribution is 5.91. The number of benzene rings is 2. The van der Waals surface area contributed by atoms with Gasteiger partial charge < -0.3 is 19.7 Å². The molecular weight excluding hydrogens is 352 g/mol. The Kier molecular flexibility index (Phi) is 5.39. The summed E-state index contributed by atoms with van der Waals surface area (Å²) in [4.78, 5) is 9.36. The van der Waals surface area contributed by atoms with Crippen LogP contribution in [-0.2, 0) is 6.54 Å². The number of hydrogen-bond acceptors (Lipinski definition) is 6. The number of ether oxygens (including phenoxy) is 2. The van der Waals surface area contributed by atoms with Crippen LogP contribution in [0.2, 0.25) is 0 Å². The quantitative estimate of drug-likeness (QED) is 0.830. The van der Waals surface area contributed by atoms with Gasteiger partial charge >= 0.3 is 0 Å². The van der Waals surface area contributed by atoms with Gasteiger partial charge in [0.2, 0.25) is 0 Å². The molecule has 28 heavy (non-hydrogen) atoms. The monoisotopic (exact) mass is 380 g/mol. The van der Waals surface area contributed by atoms with E-state index in [4.69, 9.17) is 9.47 Å². The molecule has 0 amide bonds. The highest BCUT2D eigenvalue weighted by Gasteiger charge is 2.21. The third-order valence-corrected chi connectivity index (χ3v) is 5.43. The van der Waals surface area contributed by atoms with Gasteiger partial charge in [-0.1, -0.05) is 12.1 Å². The Morgan fingerprint density at radius 2 is 1.86 bits per heavy atom. The summed E-state index contributed by atoms with van der Waals surface area (Å²) in [7, 11) is 5.38. The minimum absolute atomic E-state index is 0.124. The predicted octanol–water partition coefficient (Wildman–Crippen LogP) is 3.56. The molecule has 0 spiro atoms. The molecule has 0 saturated carbocycles. The molecule has 1 unspecified atom stereocenters. The molecule has 1 fully saturated rings. The molecule has 1 saturated heterocycles. The van der Waals surface area contributed by atoms with Crippen molar-refractivity contribution in [2.45, 2.75) is 25.7 Å². The maximum atomic E-state index is 5.43. The minimum atomic E-state index is -0.124. The lowest BCUT2D eigenvalue weighted by atomic mass is 10.1. The molecule has 1 atom stereocenters. The van der Waals surface area contributed by atoms with Crippen LogP contribution in [0.3, 0.4) is 0 Å². The molecule has 2 aliphatic heterocycles. The van der Waals surface area contributed by atoms with Crippen LogP contribution in [0.15, 0.2) is 41.4 Å². The molecule has 6 heteroatoms. The normalized spacial score (nSPS) is 18.1. The second kappa shape index (κ2) is 8.10. The fraction of sp³-hybridized carbons (Fsp3) is 0.409. The van der Waals surface area contributed by atoms with Crippen molar-refractivity contribution in [3.63, 3.8) is 0 Å². The summed E-state index contributed by atoms with van der Waals surface area (Å²) in [6.45, 7) is 3.14. The maximum absolute atomic E-state index is 5.43. The van der Waals surface area contributed by atoms with Gasteiger partial charge in [0.05, 0.1) is 14.2 Å². The van der Waals surface area contributed by atoms with Crippen molar-refractivity contribution >= 4 is 17.6 Å². The molecule has 1 N–H and O–H groups in total. The Morgan fingerprint density at radius 3 is 2.61 bits per heavy atom. The van der Waals surface area contributed by atoms with Crippen LogP contribution in [0.4, 0.5) is 11.4 Å². The number of anilines is 2. The first-order valence-electron chi connectivity index (χ1n) is 9.78. The van der Waals surface area contributed by atoms with E-state index in [0.717, 1.165) is 30.9 Å². The Balaban J connectivity index is 1.47. The topological polar surface area (TPSA) is 49.3 Å². The van der Waals surface area contributed by atoms with Crippen molar-refractivity contribution in [2.75, 3.05) is 44.6 Å². The van der Waals surface area contributed by atoms with Crippen molar-refractivity contribution in [1.82, 2.24) is 4.90 Å². The first-order chi connectivity index (χ1) is 13.7. The summed E-state index contributed by atoms with van der Waals surface area (Å²) >= 11 is 0. The zero-order valence-electron chi connectivity index (χ0n) is 16.8. The number of nitrogens with one attached hydrogen (secondary N) is 1. The fourth-order valence-corrected chi connectivity index (χ4v) is 3.88. The molecule has 0 radical (unpaired) electrons. The lowest BCUT2D eigenvalue weighted by Gasteiger charge is -2.30. The van der Waals surface area contributed by atoms with Crippen molar-refractivity contribution in [3.05, 3.63) is 47.5 Å². The van der Waals surface area contributed by atoms with E-state index >= 15 is 0 Å². The fourth-order valence-electron chi connectivity index (χ4n) is 3.88. The molecule has 148 valence electrons. The van der Waals surface area contributed by atoms with Crippen LogP contribution >= 0.6 is 0 Å². The first-order valence-corrected chi connectivity index (χ1v) is 9.78. The van der Waals surface area contributed by atoms with Crippen LogP contribution in [-0.4, -0.2) is 51.8 Å². The van der Waals surface area contributed by atoms with E-state index in [9.17, 15) is 0 Å². The lowest BCUT2D eigenvalue weighted by molar-refractivity contribution is 0.263. The van der Waals surface area contributed by atoms with Gasteiger partial charge in [-0.15, -0.1) is 0 Å². The van der Waals surface area contributed by atoms with Crippen molar-refractivity contribution in [3.8, 4) is 11.5 Å². The Bertz CT molecular complexity index is 862.